The first kappa shape index (κ1) is 29.0. The number of hydrogen-bond donors (Lipinski definition) is 2. The molecule has 0 radical (unpaired) electrons. The molecule has 0 unspecified atom stereocenters. The predicted octanol–water partition coefficient (Wildman–Crippen LogP) is 4.50. The van der Waals surface area contributed by atoms with Crippen molar-refractivity contribution >= 4 is 23.4 Å². The van der Waals surface area contributed by atoms with Crippen LogP contribution in [0.4, 0.5) is 5.69 Å². The van der Waals surface area contributed by atoms with Gasteiger partial charge in [0.1, 0.15) is 23.1 Å². The van der Waals surface area contributed by atoms with Gasteiger partial charge in [-0.2, -0.15) is 0 Å². The molecule has 5 atom stereocenters. The van der Waals surface area contributed by atoms with Gasteiger partial charge in [-0.1, -0.05) is 56.0 Å². The summed E-state index contributed by atoms with van der Waals surface area (Å²) in [7, 11) is 0. The zero-order valence-electron chi connectivity index (χ0n) is 25.2. The third kappa shape index (κ3) is 5.52. The van der Waals surface area contributed by atoms with E-state index in [9.17, 15) is 14.4 Å². The van der Waals surface area contributed by atoms with Gasteiger partial charge in [-0.05, 0) is 75.2 Å². The van der Waals surface area contributed by atoms with Crippen LogP contribution in [0.5, 0.6) is 11.5 Å². The van der Waals surface area contributed by atoms with E-state index >= 15 is 0 Å². The van der Waals surface area contributed by atoms with Crippen LogP contribution in [-0.2, 0) is 19.1 Å². The van der Waals surface area contributed by atoms with Gasteiger partial charge in [0.05, 0.1) is 17.9 Å². The molecule has 2 N–H and O–H groups in total. The molecule has 44 heavy (non-hydrogen) atoms. The molecule has 3 amide bonds. The monoisotopic (exact) mass is 598 g/mol. The lowest BCUT2D eigenvalue weighted by Gasteiger charge is -2.35. The minimum Gasteiger partial charge on any atom is -0.457 e. The second-order valence-electron chi connectivity index (χ2n) is 12.9. The lowest BCUT2D eigenvalue weighted by molar-refractivity contribution is -0.141. The Morgan fingerprint density at radius 1 is 0.864 bits per heavy atom. The van der Waals surface area contributed by atoms with E-state index in [0.717, 1.165) is 57.4 Å². The SMILES string of the molecule is O=C(Nc1ccc(Oc2ccccc2)cc1)[C@@H]1[C@H]2C=C[C@@]3(O2)[C@H]1C(=O)N(CCN1CCCCC1)[C@@H]3C(=O)NC1CCCCC1. The topological polar surface area (TPSA) is 100 Å². The normalized spacial score (nSPS) is 29.9. The lowest BCUT2D eigenvalue weighted by atomic mass is 9.74. The minimum atomic E-state index is -1.14. The Balaban J connectivity index is 1.09. The number of rotatable bonds is 9. The smallest absolute Gasteiger partial charge is 0.246 e. The number of hydrogen-bond acceptors (Lipinski definition) is 6. The zero-order valence-corrected chi connectivity index (χ0v) is 25.2. The number of fused-ring (bicyclic) bond motifs is 1. The Morgan fingerprint density at radius 3 is 2.32 bits per heavy atom. The summed E-state index contributed by atoms with van der Waals surface area (Å²) < 4.78 is 12.4. The first-order valence-electron chi connectivity index (χ1n) is 16.4. The van der Waals surface area contributed by atoms with Gasteiger partial charge < -0.3 is 29.9 Å². The van der Waals surface area contributed by atoms with Crippen molar-refractivity contribution in [1.29, 1.82) is 0 Å². The summed E-state index contributed by atoms with van der Waals surface area (Å²) in [5, 5.41) is 6.28. The molecule has 5 aliphatic rings. The molecule has 4 aliphatic heterocycles. The Morgan fingerprint density at radius 2 is 1.57 bits per heavy atom. The van der Waals surface area contributed by atoms with Crippen LogP contribution in [0.25, 0.3) is 0 Å². The minimum absolute atomic E-state index is 0.112. The van der Waals surface area contributed by atoms with E-state index in [-0.39, 0.29) is 23.8 Å². The molecule has 7 rings (SSSR count). The van der Waals surface area contributed by atoms with Gasteiger partial charge in [0.25, 0.3) is 0 Å². The highest BCUT2D eigenvalue weighted by molar-refractivity contribution is 6.02. The molecule has 3 saturated heterocycles. The van der Waals surface area contributed by atoms with Crippen molar-refractivity contribution in [2.45, 2.75) is 75.2 Å². The van der Waals surface area contributed by atoms with Crippen LogP contribution >= 0.6 is 0 Å². The molecule has 4 heterocycles. The molecule has 1 spiro atoms. The average Bonchev–Trinajstić information content (AvgIpc) is 3.69. The molecule has 232 valence electrons. The van der Waals surface area contributed by atoms with Gasteiger partial charge in [0, 0.05) is 24.8 Å². The summed E-state index contributed by atoms with van der Waals surface area (Å²) in [6.07, 6.45) is 12.0. The fourth-order valence-electron chi connectivity index (χ4n) is 7.92. The van der Waals surface area contributed by atoms with Gasteiger partial charge in [0.2, 0.25) is 17.7 Å². The highest BCUT2D eigenvalue weighted by Crippen LogP contribution is 2.55. The summed E-state index contributed by atoms with van der Waals surface area (Å²) >= 11 is 0. The van der Waals surface area contributed by atoms with Crippen molar-refractivity contribution in [1.82, 2.24) is 15.1 Å². The number of benzene rings is 2. The van der Waals surface area contributed by atoms with Crippen LogP contribution in [0, 0.1) is 11.8 Å². The van der Waals surface area contributed by atoms with Gasteiger partial charge >= 0.3 is 0 Å². The number of carbonyl (C=O) groups excluding carboxylic acids is 3. The van der Waals surface area contributed by atoms with Crippen molar-refractivity contribution in [2.75, 3.05) is 31.5 Å². The Bertz CT molecular complexity index is 1390. The van der Waals surface area contributed by atoms with E-state index in [2.05, 4.69) is 15.5 Å². The molecular weight excluding hydrogens is 556 g/mol. The van der Waals surface area contributed by atoms with E-state index in [1.54, 1.807) is 29.2 Å². The summed E-state index contributed by atoms with van der Waals surface area (Å²) in [5.41, 5.74) is -0.534. The molecule has 2 aromatic carbocycles. The Labute approximate surface area is 258 Å². The fraction of sp³-hybridized carbons (Fsp3) is 0.514. The van der Waals surface area contributed by atoms with E-state index < -0.39 is 29.6 Å². The number of piperidine rings is 1. The summed E-state index contributed by atoms with van der Waals surface area (Å²) in [5.74, 6) is -0.690. The molecule has 0 aromatic heterocycles. The van der Waals surface area contributed by atoms with Crippen molar-refractivity contribution in [3.63, 3.8) is 0 Å². The number of carbonyl (C=O) groups is 3. The number of nitrogens with zero attached hydrogens (tertiary/aromatic N) is 2. The number of nitrogens with one attached hydrogen (secondary N) is 2. The number of anilines is 1. The Hall–Kier alpha value is -3.69. The lowest BCUT2D eigenvalue weighted by Crippen LogP contribution is -2.57. The molecule has 4 fully saturated rings. The van der Waals surface area contributed by atoms with Crippen LogP contribution in [0.2, 0.25) is 0 Å². The summed E-state index contributed by atoms with van der Waals surface area (Å²) in [6.45, 7) is 3.17. The third-order valence-electron chi connectivity index (χ3n) is 10.1. The second kappa shape index (κ2) is 12.4. The second-order valence-corrected chi connectivity index (χ2v) is 12.9. The maximum atomic E-state index is 14.3. The zero-order chi connectivity index (χ0) is 30.1. The first-order chi connectivity index (χ1) is 21.5. The highest BCUT2D eigenvalue weighted by atomic mass is 16.5. The third-order valence-corrected chi connectivity index (χ3v) is 10.1. The van der Waals surface area contributed by atoms with Crippen molar-refractivity contribution in [2.24, 2.45) is 11.8 Å². The average molecular weight is 599 g/mol. The molecule has 2 aromatic rings. The van der Waals surface area contributed by atoms with Crippen molar-refractivity contribution in [3.8, 4) is 11.5 Å². The van der Waals surface area contributed by atoms with Crippen molar-refractivity contribution < 1.29 is 23.9 Å². The number of ether oxygens (including phenoxy) is 2. The van der Waals surface area contributed by atoms with Crippen LogP contribution < -0.4 is 15.4 Å². The quantitative estimate of drug-likeness (QED) is 0.413. The van der Waals surface area contributed by atoms with Gasteiger partial charge in [0.15, 0.2) is 0 Å². The number of likely N-dealkylation sites (tertiary alicyclic amines) is 2. The van der Waals surface area contributed by atoms with Crippen LogP contribution in [-0.4, -0.2) is 77.5 Å². The molecule has 2 bridgehead atoms. The predicted molar refractivity (Wildman–Crippen MR) is 166 cm³/mol. The van der Waals surface area contributed by atoms with Crippen LogP contribution in [0.3, 0.4) is 0 Å². The maximum absolute atomic E-state index is 14.3. The first-order valence-corrected chi connectivity index (χ1v) is 16.4. The fourth-order valence-corrected chi connectivity index (χ4v) is 7.92. The largest absolute Gasteiger partial charge is 0.457 e. The standard InChI is InChI=1S/C35H42N4O5/c40-32(36-25-14-16-27(17-15-25)43-26-12-6-2-7-13-26)29-28-18-19-35(44-28)30(29)34(42)39(23-22-38-20-8-3-9-21-38)31(35)33(41)37-24-10-4-1-5-11-24/h2,6-7,12-19,24,28-31H,1,3-5,8-11,20-23H2,(H,36,40)(H,37,41)/t28-,29-,30-,31-,35-/m1/s1. The van der Waals surface area contributed by atoms with Gasteiger partial charge in [-0.15, -0.1) is 0 Å². The molecule has 1 aliphatic carbocycles. The Kier molecular flexibility index (Phi) is 8.16. The summed E-state index contributed by atoms with van der Waals surface area (Å²) in [6, 6.07) is 16.0. The van der Waals surface area contributed by atoms with Gasteiger partial charge in [-0.3, -0.25) is 14.4 Å². The molecule has 9 heteroatoms. The molecule has 9 nitrogen and oxygen atoms in total. The van der Waals surface area contributed by atoms with E-state index in [1.807, 2.05) is 42.5 Å². The number of para-hydroxylation sites is 1. The van der Waals surface area contributed by atoms with Crippen LogP contribution in [0.1, 0.15) is 51.4 Å². The summed E-state index contributed by atoms with van der Waals surface area (Å²) in [4.78, 5) is 46.2. The molecular formula is C35H42N4O5. The highest BCUT2D eigenvalue weighted by Gasteiger charge is 2.72. The van der Waals surface area contributed by atoms with E-state index in [0.29, 0.717) is 24.5 Å². The van der Waals surface area contributed by atoms with Crippen LogP contribution in [0.15, 0.2) is 66.7 Å². The van der Waals surface area contributed by atoms with E-state index in [1.165, 1.54) is 12.8 Å². The molecule has 1 saturated carbocycles. The van der Waals surface area contributed by atoms with E-state index in [4.69, 9.17) is 9.47 Å². The number of amides is 3. The van der Waals surface area contributed by atoms with Crippen molar-refractivity contribution in [3.05, 3.63) is 66.7 Å². The maximum Gasteiger partial charge on any atom is 0.246 e. The van der Waals surface area contributed by atoms with Gasteiger partial charge in [-0.25, -0.2) is 0 Å².